The Kier molecular flexibility index (Phi) is 9.74. The van der Waals surface area contributed by atoms with E-state index in [0.717, 1.165) is 17.0 Å². The average molecular weight is 590 g/mol. The van der Waals surface area contributed by atoms with Crippen molar-refractivity contribution in [3.05, 3.63) is 71.8 Å². The predicted octanol–water partition coefficient (Wildman–Crippen LogP) is 5.51. The molecule has 0 saturated carbocycles. The van der Waals surface area contributed by atoms with Gasteiger partial charge < -0.3 is 18.9 Å². The van der Waals surface area contributed by atoms with Crippen molar-refractivity contribution in [3.63, 3.8) is 0 Å². The van der Waals surface area contributed by atoms with Gasteiger partial charge in [0.25, 0.3) is 5.91 Å². The van der Waals surface area contributed by atoms with E-state index < -0.39 is 0 Å². The Labute approximate surface area is 250 Å². The molecule has 0 saturated heterocycles. The first-order valence-corrected chi connectivity index (χ1v) is 14.1. The molecule has 4 aromatic rings. The van der Waals surface area contributed by atoms with E-state index in [9.17, 15) is 4.79 Å². The third kappa shape index (κ3) is 6.85. The Morgan fingerprint density at radius 1 is 0.881 bits per heavy atom. The van der Waals surface area contributed by atoms with Crippen LogP contribution in [0.5, 0.6) is 23.0 Å². The number of amides is 1. The fraction of sp³-hybridized carbons (Fsp3) is 0.290. The predicted molar refractivity (Wildman–Crippen MR) is 165 cm³/mol. The number of hydrogen-bond acceptors (Lipinski definition) is 9. The minimum atomic E-state index is -0.309. The van der Waals surface area contributed by atoms with Gasteiger partial charge in [0.15, 0.2) is 22.5 Å². The summed E-state index contributed by atoms with van der Waals surface area (Å²) in [4.78, 5) is 12.7. The minimum Gasteiger partial charge on any atom is -0.497 e. The maximum absolute atomic E-state index is 12.7. The zero-order valence-corrected chi connectivity index (χ0v) is 25.6. The number of rotatable bonds is 11. The number of benzene rings is 3. The second-order valence-corrected chi connectivity index (χ2v) is 11.1. The molecular formula is C31H35N5O5S. The summed E-state index contributed by atoms with van der Waals surface area (Å²) in [6.45, 7) is 6.53. The highest BCUT2D eigenvalue weighted by Gasteiger charge is 2.19. The van der Waals surface area contributed by atoms with Crippen LogP contribution < -0.4 is 24.4 Å². The lowest BCUT2D eigenvalue weighted by Gasteiger charge is -2.19. The Morgan fingerprint density at radius 3 is 2.17 bits per heavy atom. The molecule has 0 fully saturated rings. The molecule has 42 heavy (non-hydrogen) atoms. The van der Waals surface area contributed by atoms with Gasteiger partial charge in [-0.15, -0.1) is 10.2 Å². The highest BCUT2D eigenvalue weighted by molar-refractivity contribution is 7.99. The van der Waals surface area contributed by atoms with Crippen molar-refractivity contribution >= 4 is 23.9 Å². The number of carbonyl (C=O) groups excluding carboxylic acids is 1. The maximum atomic E-state index is 12.7. The van der Waals surface area contributed by atoms with Gasteiger partial charge in [0.05, 0.1) is 40.4 Å². The van der Waals surface area contributed by atoms with Gasteiger partial charge in [0.1, 0.15) is 5.75 Å². The van der Waals surface area contributed by atoms with Crippen molar-refractivity contribution in [2.45, 2.75) is 31.3 Å². The number of methoxy groups -OCH3 is 4. The van der Waals surface area contributed by atoms with Crippen LogP contribution in [0.4, 0.5) is 0 Å². The van der Waals surface area contributed by atoms with Gasteiger partial charge in [0, 0.05) is 16.8 Å². The molecule has 0 aliphatic rings. The van der Waals surface area contributed by atoms with Crippen LogP contribution in [-0.4, -0.2) is 61.1 Å². The number of thioether (sulfide) groups is 1. The highest BCUT2D eigenvalue weighted by atomic mass is 32.2. The number of nitrogens with zero attached hydrogens (tertiary/aromatic N) is 4. The van der Waals surface area contributed by atoms with E-state index in [1.165, 1.54) is 37.8 Å². The SMILES string of the molecule is COc1ccc(-n2c(SCC(=O)N/N=C\c3ccc(OC)c(OC)c3OC)nnc2-c2ccc(C(C)(C)C)cc2)cc1. The third-order valence-corrected chi connectivity index (χ3v) is 7.36. The second kappa shape index (κ2) is 13.4. The molecule has 11 heteroatoms. The Balaban J connectivity index is 1.54. The first kappa shape index (κ1) is 30.4. The molecule has 1 heterocycles. The van der Waals surface area contributed by atoms with E-state index >= 15 is 0 Å². The van der Waals surface area contributed by atoms with E-state index in [1.54, 1.807) is 26.4 Å². The molecule has 4 rings (SSSR count). The molecule has 0 spiro atoms. The van der Waals surface area contributed by atoms with Crippen molar-refractivity contribution < 1.29 is 23.7 Å². The van der Waals surface area contributed by atoms with Gasteiger partial charge in [-0.3, -0.25) is 9.36 Å². The number of hydrogen-bond donors (Lipinski definition) is 1. The van der Waals surface area contributed by atoms with Crippen LogP contribution in [-0.2, 0) is 10.2 Å². The number of carbonyl (C=O) groups is 1. The molecular weight excluding hydrogens is 554 g/mol. The lowest BCUT2D eigenvalue weighted by molar-refractivity contribution is -0.118. The number of ether oxygens (including phenoxy) is 4. The largest absolute Gasteiger partial charge is 0.497 e. The molecule has 3 aromatic carbocycles. The summed E-state index contributed by atoms with van der Waals surface area (Å²) in [5.41, 5.74) is 6.19. The molecule has 0 atom stereocenters. The summed E-state index contributed by atoms with van der Waals surface area (Å²) in [5, 5.41) is 13.6. The fourth-order valence-electron chi connectivity index (χ4n) is 4.20. The number of aromatic nitrogens is 3. The van der Waals surface area contributed by atoms with Crippen LogP contribution in [0.2, 0.25) is 0 Å². The van der Waals surface area contributed by atoms with Crippen molar-refractivity contribution in [1.29, 1.82) is 0 Å². The third-order valence-electron chi connectivity index (χ3n) is 6.43. The van der Waals surface area contributed by atoms with Gasteiger partial charge in [0.2, 0.25) is 5.75 Å². The van der Waals surface area contributed by atoms with E-state index in [4.69, 9.17) is 18.9 Å². The molecule has 0 radical (unpaired) electrons. The first-order valence-electron chi connectivity index (χ1n) is 13.1. The molecule has 1 N–H and O–H groups in total. The lowest BCUT2D eigenvalue weighted by atomic mass is 9.87. The van der Waals surface area contributed by atoms with Crippen LogP contribution in [0.1, 0.15) is 31.9 Å². The fourth-order valence-corrected chi connectivity index (χ4v) is 4.94. The standard InChI is InChI=1S/C31H35N5O5S/c1-31(2,3)22-11-8-20(9-12-22)29-34-35-30(36(29)23-13-15-24(38-4)16-14-23)42-19-26(37)33-32-18-21-10-17-25(39-5)28(41-7)27(21)40-6/h8-18H,19H2,1-7H3,(H,33,37)/b32-18-. The van der Waals surface area contributed by atoms with Gasteiger partial charge in [-0.2, -0.15) is 5.10 Å². The summed E-state index contributed by atoms with van der Waals surface area (Å²) < 4.78 is 23.4. The number of nitrogens with one attached hydrogen (secondary N) is 1. The summed E-state index contributed by atoms with van der Waals surface area (Å²) in [6, 6.07) is 19.4. The summed E-state index contributed by atoms with van der Waals surface area (Å²) in [7, 11) is 6.22. The Morgan fingerprint density at radius 2 is 1.57 bits per heavy atom. The number of hydrazone groups is 1. The topological polar surface area (TPSA) is 109 Å². The molecule has 1 amide bonds. The smallest absolute Gasteiger partial charge is 0.250 e. The molecule has 1 aromatic heterocycles. The van der Waals surface area contributed by atoms with E-state index in [0.29, 0.717) is 33.8 Å². The van der Waals surface area contributed by atoms with E-state index in [-0.39, 0.29) is 17.1 Å². The van der Waals surface area contributed by atoms with Crippen LogP contribution in [0.25, 0.3) is 17.1 Å². The first-order chi connectivity index (χ1) is 20.2. The quantitative estimate of drug-likeness (QED) is 0.139. The summed E-state index contributed by atoms with van der Waals surface area (Å²) in [6.07, 6.45) is 1.49. The van der Waals surface area contributed by atoms with Crippen LogP contribution in [0.3, 0.4) is 0 Å². The second-order valence-electron chi connectivity index (χ2n) is 10.2. The van der Waals surface area contributed by atoms with E-state index in [2.05, 4.69) is 53.6 Å². The zero-order valence-electron chi connectivity index (χ0n) is 24.8. The minimum absolute atomic E-state index is 0.0314. The summed E-state index contributed by atoms with van der Waals surface area (Å²) >= 11 is 1.26. The summed E-state index contributed by atoms with van der Waals surface area (Å²) in [5.74, 6) is 2.57. The Hall–Kier alpha value is -4.51. The van der Waals surface area contributed by atoms with Crippen LogP contribution in [0, 0.1) is 0 Å². The van der Waals surface area contributed by atoms with Gasteiger partial charge in [-0.1, -0.05) is 56.8 Å². The van der Waals surface area contributed by atoms with Gasteiger partial charge in [-0.05, 0) is 47.4 Å². The molecule has 0 aliphatic heterocycles. The van der Waals surface area contributed by atoms with Crippen molar-refractivity contribution in [3.8, 4) is 40.1 Å². The van der Waals surface area contributed by atoms with Crippen LogP contribution in [0.15, 0.2) is 70.9 Å². The Bertz CT molecular complexity index is 1540. The zero-order chi connectivity index (χ0) is 30.3. The molecule has 0 aliphatic carbocycles. The molecule has 0 unspecified atom stereocenters. The van der Waals surface area contributed by atoms with Gasteiger partial charge in [-0.25, -0.2) is 5.43 Å². The monoisotopic (exact) mass is 589 g/mol. The van der Waals surface area contributed by atoms with Crippen LogP contribution >= 0.6 is 11.8 Å². The maximum Gasteiger partial charge on any atom is 0.250 e. The van der Waals surface area contributed by atoms with Crippen molar-refractivity contribution in [1.82, 2.24) is 20.2 Å². The van der Waals surface area contributed by atoms with Crippen molar-refractivity contribution in [2.24, 2.45) is 5.10 Å². The van der Waals surface area contributed by atoms with Crippen molar-refractivity contribution in [2.75, 3.05) is 34.2 Å². The lowest BCUT2D eigenvalue weighted by Crippen LogP contribution is -2.20. The molecule has 220 valence electrons. The highest BCUT2D eigenvalue weighted by Crippen LogP contribution is 2.39. The molecule has 10 nitrogen and oxygen atoms in total. The average Bonchev–Trinajstić information content (AvgIpc) is 3.43. The van der Waals surface area contributed by atoms with E-state index in [1.807, 2.05) is 41.0 Å². The van der Waals surface area contributed by atoms with Gasteiger partial charge >= 0.3 is 0 Å². The normalized spacial score (nSPS) is 11.4. The molecule has 0 bridgehead atoms.